The number of H-pyrrole nitrogens is 1. The molecule has 3 aromatic rings. The van der Waals surface area contributed by atoms with Gasteiger partial charge in [0.1, 0.15) is 5.82 Å². The summed E-state index contributed by atoms with van der Waals surface area (Å²) in [6, 6.07) is 3.88. The van der Waals surface area contributed by atoms with Crippen molar-refractivity contribution in [2.45, 2.75) is 18.2 Å². The van der Waals surface area contributed by atoms with Gasteiger partial charge in [0, 0.05) is 61.6 Å². The predicted molar refractivity (Wildman–Crippen MR) is 95.1 cm³/mol. The fourth-order valence-electron chi connectivity index (χ4n) is 3.01. The third-order valence-electron chi connectivity index (χ3n) is 4.55. The average Bonchev–Trinajstić information content (AvgIpc) is 3.26. The molecule has 0 spiro atoms. The topological polar surface area (TPSA) is 126 Å². The predicted octanol–water partition coefficient (Wildman–Crippen LogP) is 2.38. The van der Waals surface area contributed by atoms with Crippen LogP contribution >= 0.6 is 0 Å². The molecule has 0 aliphatic rings. The molecular formula is C17H16F3N5O4. The molecule has 2 heterocycles. The number of carbonyl (C=O) groups excluding carboxylic acids is 1. The number of rotatable bonds is 6. The smallest absolute Gasteiger partial charge is 0.374 e. The molecule has 1 unspecified atom stereocenters. The monoisotopic (exact) mass is 411 g/mol. The first-order valence-corrected chi connectivity index (χ1v) is 8.35. The number of aromatic nitrogens is 3. The molecule has 0 aliphatic carbocycles. The fraction of sp³-hybridized carbons (Fsp3) is 0.294. The van der Waals surface area contributed by atoms with E-state index in [0.717, 1.165) is 10.8 Å². The van der Waals surface area contributed by atoms with Crippen molar-refractivity contribution in [3.63, 3.8) is 0 Å². The van der Waals surface area contributed by atoms with Crippen LogP contribution in [-0.2, 0) is 12.6 Å². The highest BCUT2D eigenvalue weighted by atomic mass is 19.4. The molecule has 3 rings (SSSR count). The van der Waals surface area contributed by atoms with E-state index in [2.05, 4.69) is 15.3 Å². The van der Waals surface area contributed by atoms with Gasteiger partial charge in [-0.05, 0) is 6.07 Å². The minimum atomic E-state index is -5.02. The van der Waals surface area contributed by atoms with E-state index in [1.807, 2.05) is 0 Å². The number of nitrogens with one attached hydrogen (secondary N) is 2. The van der Waals surface area contributed by atoms with Crippen LogP contribution in [0.2, 0.25) is 0 Å². The van der Waals surface area contributed by atoms with Crippen LogP contribution in [0.3, 0.4) is 0 Å². The van der Waals surface area contributed by atoms with Gasteiger partial charge in [-0.2, -0.15) is 13.2 Å². The summed E-state index contributed by atoms with van der Waals surface area (Å²) >= 11 is 0. The van der Waals surface area contributed by atoms with Gasteiger partial charge in [0.2, 0.25) is 5.60 Å². The summed E-state index contributed by atoms with van der Waals surface area (Å²) < 4.78 is 41.5. The number of hydrogen-bond acceptors (Lipinski definition) is 5. The van der Waals surface area contributed by atoms with E-state index >= 15 is 0 Å². The normalized spacial score (nSPS) is 14.0. The van der Waals surface area contributed by atoms with Crippen molar-refractivity contribution < 1.29 is 28.0 Å². The number of imidazole rings is 1. The number of aliphatic hydroxyl groups is 1. The lowest BCUT2D eigenvalue weighted by Gasteiger charge is -2.29. The highest BCUT2D eigenvalue weighted by Gasteiger charge is 2.57. The number of carbonyl (C=O) groups is 1. The fourth-order valence-corrected chi connectivity index (χ4v) is 3.01. The maximum atomic E-state index is 13.5. The van der Waals surface area contributed by atoms with Gasteiger partial charge in [-0.25, -0.2) is 4.98 Å². The summed E-state index contributed by atoms with van der Waals surface area (Å²) in [6.45, 7) is -0.511. The maximum absolute atomic E-state index is 13.5. The van der Waals surface area contributed by atoms with E-state index in [4.69, 9.17) is 0 Å². The number of alkyl halides is 3. The van der Waals surface area contributed by atoms with Crippen molar-refractivity contribution in [1.82, 2.24) is 19.9 Å². The van der Waals surface area contributed by atoms with Crippen LogP contribution in [0.4, 0.5) is 18.9 Å². The zero-order valence-corrected chi connectivity index (χ0v) is 15.0. The SMILES string of the molecule is Cn1ccnc1C(O)(CCNC(=O)c1c[nH]c2ccc([N+](=O)[O-])cc12)C(F)(F)F. The number of nitrogens with zero attached hydrogens (tertiary/aromatic N) is 3. The van der Waals surface area contributed by atoms with Crippen LogP contribution in [-0.4, -0.2) is 43.2 Å². The van der Waals surface area contributed by atoms with Gasteiger partial charge in [0.05, 0.1) is 10.5 Å². The molecule has 1 aromatic carbocycles. The first kappa shape index (κ1) is 20.3. The molecule has 3 N–H and O–H groups in total. The Morgan fingerprint density at radius 1 is 1.41 bits per heavy atom. The second kappa shape index (κ2) is 7.20. The molecule has 1 amide bonds. The Hall–Kier alpha value is -3.41. The lowest BCUT2D eigenvalue weighted by Crippen LogP contribution is -2.46. The Morgan fingerprint density at radius 2 is 2.14 bits per heavy atom. The lowest BCUT2D eigenvalue weighted by molar-refractivity contribution is -0.384. The molecule has 0 saturated carbocycles. The van der Waals surface area contributed by atoms with E-state index in [-0.39, 0.29) is 16.6 Å². The van der Waals surface area contributed by atoms with Crippen LogP contribution < -0.4 is 5.32 Å². The number of nitro groups is 1. The minimum Gasteiger partial charge on any atom is -0.374 e. The number of amides is 1. The van der Waals surface area contributed by atoms with Crippen LogP contribution in [0.15, 0.2) is 36.8 Å². The number of benzene rings is 1. The van der Waals surface area contributed by atoms with E-state index < -0.39 is 41.4 Å². The molecule has 0 bridgehead atoms. The summed E-state index contributed by atoms with van der Waals surface area (Å²) in [6.07, 6.45) is -2.18. The van der Waals surface area contributed by atoms with Gasteiger partial charge in [-0.3, -0.25) is 14.9 Å². The van der Waals surface area contributed by atoms with Crippen molar-refractivity contribution in [3.8, 4) is 0 Å². The molecular weight excluding hydrogens is 395 g/mol. The highest BCUT2D eigenvalue weighted by Crippen LogP contribution is 2.40. The number of fused-ring (bicyclic) bond motifs is 1. The Bertz CT molecular complexity index is 1070. The Morgan fingerprint density at radius 3 is 2.72 bits per heavy atom. The molecule has 9 nitrogen and oxygen atoms in total. The summed E-state index contributed by atoms with van der Waals surface area (Å²) in [7, 11) is 1.32. The number of non-ortho nitro benzene ring substituents is 1. The van der Waals surface area contributed by atoms with Crippen LogP contribution in [0.5, 0.6) is 0 Å². The molecule has 1 atom stereocenters. The number of halogens is 3. The molecule has 2 aromatic heterocycles. The largest absolute Gasteiger partial charge is 0.424 e. The maximum Gasteiger partial charge on any atom is 0.424 e. The van der Waals surface area contributed by atoms with Gasteiger partial charge < -0.3 is 20.0 Å². The number of hydrogen-bond donors (Lipinski definition) is 3. The van der Waals surface area contributed by atoms with Crippen molar-refractivity contribution in [1.29, 1.82) is 0 Å². The van der Waals surface area contributed by atoms with Gasteiger partial charge in [0.25, 0.3) is 11.6 Å². The van der Waals surface area contributed by atoms with Crippen molar-refractivity contribution >= 4 is 22.5 Å². The highest BCUT2D eigenvalue weighted by molar-refractivity contribution is 6.07. The zero-order valence-electron chi connectivity index (χ0n) is 15.0. The number of nitro benzene ring substituents is 1. The van der Waals surface area contributed by atoms with Crippen molar-refractivity contribution in [2.75, 3.05) is 6.54 Å². The second-order valence-corrected chi connectivity index (χ2v) is 6.42. The van der Waals surface area contributed by atoms with Gasteiger partial charge in [0.15, 0.2) is 0 Å². The van der Waals surface area contributed by atoms with E-state index in [0.29, 0.717) is 5.52 Å². The van der Waals surface area contributed by atoms with Gasteiger partial charge in [-0.1, -0.05) is 0 Å². The van der Waals surface area contributed by atoms with Crippen LogP contribution in [0, 0.1) is 10.1 Å². The van der Waals surface area contributed by atoms with Gasteiger partial charge >= 0.3 is 6.18 Å². The summed E-state index contributed by atoms with van der Waals surface area (Å²) in [5.41, 5.74) is -2.98. The zero-order chi connectivity index (χ0) is 21.4. The third kappa shape index (κ3) is 3.66. The molecule has 12 heteroatoms. The van der Waals surface area contributed by atoms with E-state index in [9.17, 15) is 33.2 Å². The molecule has 154 valence electrons. The van der Waals surface area contributed by atoms with Crippen molar-refractivity contribution in [3.05, 3.63) is 58.3 Å². The van der Waals surface area contributed by atoms with Crippen LogP contribution in [0.1, 0.15) is 22.6 Å². The quantitative estimate of drug-likeness (QED) is 0.424. The molecule has 0 aliphatic heterocycles. The first-order valence-electron chi connectivity index (χ1n) is 8.35. The summed E-state index contributed by atoms with van der Waals surface area (Å²) in [5, 5.41) is 23.7. The molecule has 0 radical (unpaired) electrons. The lowest BCUT2D eigenvalue weighted by atomic mass is 9.97. The van der Waals surface area contributed by atoms with Gasteiger partial charge in [-0.15, -0.1) is 0 Å². The van der Waals surface area contributed by atoms with E-state index in [1.54, 1.807) is 0 Å². The van der Waals surface area contributed by atoms with Crippen molar-refractivity contribution in [2.24, 2.45) is 7.05 Å². The average molecular weight is 411 g/mol. The number of aryl methyl sites for hydroxylation is 1. The molecule has 0 fully saturated rings. The summed E-state index contributed by atoms with van der Waals surface area (Å²) in [4.78, 5) is 29.1. The second-order valence-electron chi connectivity index (χ2n) is 6.42. The molecule has 0 saturated heterocycles. The Kier molecular flexibility index (Phi) is 5.05. The Labute approximate surface area is 161 Å². The standard InChI is InChI=1S/C17H16F3N5O4/c1-24-7-6-22-15(24)16(27,17(18,19)20)4-5-21-14(26)12-9-23-13-3-2-10(25(28)29)8-11(12)13/h2-3,6-9,23,27H,4-5H2,1H3,(H,21,26). The van der Waals surface area contributed by atoms with Crippen LogP contribution in [0.25, 0.3) is 10.9 Å². The minimum absolute atomic E-state index is 0.0382. The third-order valence-corrected chi connectivity index (χ3v) is 4.55. The molecule has 29 heavy (non-hydrogen) atoms. The first-order chi connectivity index (χ1) is 13.5. The number of aromatic amines is 1. The van der Waals surface area contributed by atoms with E-state index in [1.165, 1.54) is 37.6 Å². The Balaban J connectivity index is 1.78. The summed E-state index contributed by atoms with van der Waals surface area (Å²) in [5.74, 6) is -1.33.